The minimum Gasteiger partial charge on any atom is -0.352 e. The number of amides is 4. The molecule has 0 aromatic heterocycles. The molecule has 2 heterocycles. The minimum atomic E-state index is -0.440. The molecule has 1 fully saturated rings. The molecule has 0 bridgehead atoms. The molecule has 4 rings (SSSR count). The van der Waals surface area contributed by atoms with Crippen molar-refractivity contribution in [3.05, 3.63) is 70.8 Å². The minimum absolute atomic E-state index is 0.00852. The van der Waals surface area contributed by atoms with Crippen LogP contribution >= 0.6 is 0 Å². The summed E-state index contributed by atoms with van der Waals surface area (Å²) in [6.07, 6.45) is 1.26. The summed E-state index contributed by atoms with van der Waals surface area (Å²) in [5, 5.41) is 2.90. The van der Waals surface area contributed by atoms with Gasteiger partial charge in [-0.1, -0.05) is 29.8 Å². The van der Waals surface area contributed by atoms with Crippen molar-refractivity contribution in [3.8, 4) is 0 Å². The number of piperidine rings is 1. The van der Waals surface area contributed by atoms with Gasteiger partial charge < -0.3 is 10.2 Å². The van der Waals surface area contributed by atoms with Gasteiger partial charge in [0.25, 0.3) is 17.7 Å². The van der Waals surface area contributed by atoms with Crippen LogP contribution in [0.1, 0.15) is 49.5 Å². The summed E-state index contributed by atoms with van der Waals surface area (Å²) in [6, 6.07) is 14.0. The molecule has 0 aliphatic carbocycles. The lowest BCUT2D eigenvalue weighted by Gasteiger charge is -2.32. The molecule has 0 spiro atoms. The van der Waals surface area contributed by atoms with Gasteiger partial charge >= 0.3 is 0 Å². The Hall–Kier alpha value is -3.48. The van der Waals surface area contributed by atoms with Crippen LogP contribution in [0.3, 0.4) is 0 Å². The van der Waals surface area contributed by atoms with Gasteiger partial charge in [0.05, 0.1) is 11.1 Å². The molecule has 7 nitrogen and oxygen atoms in total. The van der Waals surface area contributed by atoms with Crippen LogP contribution in [-0.4, -0.2) is 59.1 Å². The number of benzene rings is 2. The highest BCUT2D eigenvalue weighted by Gasteiger charge is 2.36. The summed E-state index contributed by atoms with van der Waals surface area (Å²) in [4.78, 5) is 52.6. The predicted octanol–water partition coefficient (Wildman–Crippen LogP) is 2.01. The molecule has 2 aromatic carbocycles. The van der Waals surface area contributed by atoms with E-state index in [0.29, 0.717) is 42.6 Å². The summed E-state index contributed by atoms with van der Waals surface area (Å²) in [5.74, 6) is -1.26. The van der Waals surface area contributed by atoms with Crippen molar-refractivity contribution in [2.24, 2.45) is 0 Å². The molecular formula is C23H23N3O4. The molecule has 30 heavy (non-hydrogen) atoms. The average Bonchev–Trinajstić information content (AvgIpc) is 2.99. The number of aryl methyl sites for hydroxylation is 1. The molecule has 4 amide bonds. The van der Waals surface area contributed by atoms with Gasteiger partial charge in [0, 0.05) is 24.7 Å². The monoisotopic (exact) mass is 405 g/mol. The van der Waals surface area contributed by atoms with Crippen molar-refractivity contribution < 1.29 is 19.2 Å². The summed E-state index contributed by atoms with van der Waals surface area (Å²) >= 11 is 0. The van der Waals surface area contributed by atoms with Crippen LogP contribution in [0.2, 0.25) is 0 Å². The van der Waals surface area contributed by atoms with Crippen LogP contribution in [-0.2, 0) is 4.79 Å². The fraction of sp³-hybridized carbons (Fsp3) is 0.304. The largest absolute Gasteiger partial charge is 0.352 e. The van der Waals surface area contributed by atoms with Gasteiger partial charge in [0.15, 0.2) is 0 Å². The molecule has 2 aromatic rings. The quantitative estimate of drug-likeness (QED) is 0.789. The van der Waals surface area contributed by atoms with Gasteiger partial charge in [-0.3, -0.25) is 24.1 Å². The van der Waals surface area contributed by atoms with Crippen molar-refractivity contribution >= 4 is 23.6 Å². The van der Waals surface area contributed by atoms with E-state index in [9.17, 15) is 19.2 Å². The van der Waals surface area contributed by atoms with Gasteiger partial charge in [-0.05, 0) is 44.0 Å². The van der Waals surface area contributed by atoms with Crippen LogP contribution in [0.5, 0.6) is 0 Å². The number of rotatable bonds is 4. The Morgan fingerprint density at radius 3 is 2.07 bits per heavy atom. The standard InChI is InChI=1S/C23H23N3O4/c1-15-6-8-16(9-7-15)21(28)25-12-10-17(11-13-25)24-20(27)14-26-22(29)18-4-2-3-5-19(18)23(26)30/h2-9,17H,10-14H2,1H3,(H,24,27). The third kappa shape index (κ3) is 3.83. The zero-order valence-electron chi connectivity index (χ0n) is 16.8. The number of hydrogen-bond acceptors (Lipinski definition) is 4. The third-order valence-corrected chi connectivity index (χ3v) is 5.63. The van der Waals surface area contributed by atoms with Gasteiger partial charge in [-0.15, -0.1) is 0 Å². The fourth-order valence-corrected chi connectivity index (χ4v) is 3.91. The second-order valence-electron chi connectivity index (χ2n) is 7.74. The Bertz CT molecular complexity index is 972. The van der Waals surface area contributed by atoms with Crippen molar-refractivity contribution in [2.75, 3.05) is 19.6 Å². The number of imide groups is 1. The molecule has 7 heteroatoms. The van der Waals surface area contributed by atoms with E-state index in [-0.39, 0.29) is 24.4 Å². The zero-order valence-corrected chi connectivity index (χ0v) is 16.8. The van der Waals surface area contributed by atoms with E-state index in [4.69, 9.17) is 0 Å². The number of nitrogens with zero attached hydrogens (tertiary/aromatic N) is 2. The van der Waals surface area contributed by atoms with Crippen molar-refractivity contribution in [2.45, 2.75) is 25.8 Å². The maximum absolute atomic E-state index is 12.6. The first-order valence-electron chi connectivity index (χ1n) is 10.0. The Balaban J connectivity index is 1.29. The van der Waals surface area contributed by atoms with Crippen molar-refractivity contribution in [1.82, 2.24) is 15.1 Å². The van der Waals surface area contributed by atoms with E-state index < -0.39 is 11.8 Å². The number of likely N-dealkylation sites (tertiary alicyclic amines) is 1. The maximum Gasteiger partial charge on any atom is 0.262 e. The molecule has 1 saturated heterocycles. The molecule has 0 saturated carbocycles. The number of carbonyl (C=O) groups excluding carboxylic acids is 4. The highest BCUT2D eigenvalue weighted by Crippen LogP contribution is 2.22. The summed E-state index contributed by atoms with van der Waals surface area (Å²) < 4.78 is 0. The maximum atomic E-state index is 12.6. The van der Waals surface area contributed by atoms with E-state index in [1.165, 1.54) is 0 Å². The van der Waals surface area contributed by atoms with E-state index in [1.807, 2.05) is 31.2 Å². The lowest BCUT2D eigenvalue weighted by Crippen LogP contribution is -2.49. The third-order valence-electron chi connectivity index (χ3n) is 5.63. The number of hydrogen-bond donors (Lipinski definition) is 1. The Labute approximate surface area is 174 Å². The summed E-state index contributed by atoms with van der Waals surface area (Å²) in [7, 11) is 0. The van der Waals surface area contributed by atoms with Gasteiger partial charge in [0.1, 0.15) is 6.54 Å². The number of carbonyl (C=O) groups is 4. The van der Waals surface area contributed by atoms with Gasteiger partial charge in [-0.2, -0.15) is 0 Å². The van der Waals surface area contributed by atoms with Gasteiger partial charge in [-0.25, -0.2) is 0 Å². The van der Waals surface area contributed by atoms with Crippen LogP contribution in [0.25, 0.3) is 0 Å². The fourth-order valence-electron chi connectivity index (χ4n) is 3.91. The first-order chi connectivity index (χ1) is 14.4. The van der Waals surface area contributed by atoms with Crippen LogP contribution in [0, 0.1) is 6.92 Å². The highest BCUT2D eigenvalue weighted by molar-refractivity contribution is 6.22. The first-order valence-corrected chi connectivity index (χ1v) is 10.0. The van der Waals surface area contributed by atoms with Crippen molar-refractivity contribution in [1.29, 1.82) is 0 Å². The SMILES string of the molecule is Cc1ccc(C(=O)N2CCC(NC(=O)CN3C(=O)c4ccccc4C3=O)CC2)cc1. The average molecular weight is 405 g/mol. The van der Waals surface area contributed by atoms with Crippen LogP contribution < -0.4 is 5.32 Å². The van der Waals surface area contributed by atoms with E-state index in [1.54, 1.807) is 29.2 Å². The van der Waals surface area contributed by atoms with Crippen LogP contribution in [0.15, 0.2) is 48.5 Å². The molecule has 1 N–H and O–H groups in total. The molecule has 2 aliphatic heterocycles. The summed E-state index contributed by atoms with van der Waals surface area (Å²) in [5.41, 5.74) is 2.43. The molecule has 2 aliphatic rings. The Morgan fingerprint density at radius 1 is 0.933 bits per heavy atom. The normalized spacial score (nSPS) is 16.6. The first kappa shape index (κ1) is 19.8. The smallest absolute Gasteiger partial charge is 0.262 e. The van der Waals surface area contributed by atoms with E-state index in [2.05, 4.69) is 5.32 Å². The van der Waals surface area contributed by atoms with Crippen LogP contribution in [0.4, 0.5) is 0 Å². The highest BCUT2D eigenvalue weighted by atomic mass is 16.2. The Morgan fingerprint density at radius 2 is 1.50 bits per heavy atom. The number of nitrogens with one attached hydrogen (secondary N) is 1. The number of fused-ring (bicyclic) bond motifs is 1. The van der Waals surface area contributed by atoms with E-state index in [0.717, 1.165) is 10.5 Å². The predicted molar refractivity (Wildman–Crippen MR) is 110 cm³/mol. The topological polar surface area (TPSA) is 86.8 Å². The molecular weight excluding hydrogens is 382 g/mol. The lowest BCUT2D eigenvalue weighted by atomic mass is 10.0. The van der Waals surface area contributed by atoms with Crippen molar-refractivity contribution in [3.63, 3.8) is 0 Å². The van der Waals surface area contributed by atoms with Gasteiger partial charge in [0.2, 0.25) is 5.91 Å². The van der Waals surface area contributed by atoms with E-state index >= 15 is 0 Å². The molecule has 154 valence electrons. The molecule has 0 unspecified atom stereocenters. The Kier molecular flexibility index (Phi) is 5.35. The second kappa shape index (κ2) is 8.10. The summed E-state index contributed by atoms with van der Waals surface area (Å²) in [6.45, 7) is 2.77. The lowest BCUT2D eigenvalue weighted by molar-refractivity contribution is -0.122. The second-order valence-corrected chi connectivity index (χ2v) is 7.74. The molecule has 0 atom stereocenters. The zero-order chi connectivity index (χ0) is 21.3. The molecule has 0 radical (unpaired) electrons.